The molecule has 3 N–H and O–H groups in total. The molecule has 1 heterocycles. The number of methoxy groups -OCH3 is 1. The first-order valence-electron chi connectivity index (χ1n) is 9.25. The van der Waals surface area contributed by atoms with Gasteiger partial charge in [-0.3, -0.25) is 14.4 Å². The molecule has 1 aromatic heterocycles. The minimum atomic E-state index is -0.370. The van der Waals surface area contributed by atoms with Gasteiger partial charge in [-0.15, -0.1) is 0 Å². The highest BCUT2D eigenvalue weighted by molar-refractivity contribution is 9.10. The maximum atomic E-state index is 12.4. The van der Waals surface area contributed by atoms with Gasteiger partial charge in [-0.05, 0) is 64.0 Å². The van der Waals surface area contributed by atoms with Gasteiger partial charge in [-0.25, -0.2) is 0 Å². The van der Waals surface area contributed by atoms with Crippen LogP contribution in [0, 0.1) is 0 Å². The Kier molecular flexibility index (Phi) is 7.09. The van der Waals surface area contributed by atoms with E-state index in [1.807, 2.05) is 0 Å². The summed E-state index contributed by atoms with van der Waals surface area (Å²) in [6, 6.07) is 15.1. The summed E-state index contributed by atoms with van der Waals surface area (Å²) >= 11 is 3.15. The van der Waals surface area contributed by atoms with Crippen molar-refractivity contribution in [1.82, 2.24) is 0 Å². The quantitative estimate of drug-likeness (QED) is 0.458. The van der Waals surface area contributed by atoms with Gasteiger partial charge in [0.05, 0.1) is 19.2 Å². The van der Waals surface area contributed by atoms with E-state index in [1.54, 1.807) is 54.6 Å². The van der Waals surface area contributed by atoms with Crippen molar-refractivity contribution in [2.75, 3.05) is 23.1 Å². The van der Waals surface area contributed by atoms with E-state index < -0.39 is 0 Å². The Morgan fingerprint density at radius 1 is 0.935 bits per heavy atom. The van der Waals surface area contributed by atoms with Gasteiger partial charge in [0.1, 0.15) is 5.75 Å². The zero-order valence-electron chi connectivity index (χ0n) is 16.8. The maximum Gasteiger partial charge on any atom is 0.291 e. The van der Waals surface area contributed by atoms with E-state index in [2.05, 4.69) is 31.9 Å². The van der Waals surface area contributed by atoms with Crippen LogP contribution in [0.3, 0.4) is 0 Å². The molecule has 0 aliphatic heterocycles. The molecule has 0 aliphatic carbocycles. The third-order valence-corrected chi connectivity index (χ3v) is 4.59. The van der Waals surface area contributed by atoms with Crippen LogP contribution in [-0.2, 0) is 16.0 Å². The molecular weight excluding hydrogens is 466 g/mol. The molecule has 8 nitrogen and oxygen atoms in total. The molecule has 0 saturated heterocycles. The highest BCUT2D eigenvalue weighted by Crippen LogP contribution is 2.28. The average Bonchev–Trinajstić information content (AvgIpc) is 3.16. The molecule has 0 radical (unpaired) electrons. The monoisotopic (exact) mass is 485 g/mol. The molecule has 2 aromatic carbocycles. The lowest BCUT2D eigenvalue weighted by molar-refractivity contribution is -0.115. The fourth-order valence-electron chi connectivity index (χ4n) is 2.80. The predicted molar refractivity (Wildman–Crippen MR) is 120 cm³/mol. The Balaban J connectivity index is 1.59. The number of benzene rings is 2. The van der Waals surface area contributed by atoms with Gasteiger partial charge in [-0.2, -0.15) is 0 Å². The van der Waals surface area contributed by atoms with Gasteiger partial charge in [-0.1, -0.05) is 12.1 Å². The molecule has 0 unspecified atom stereocenters. The Hall–Kier alpha value is -3.59. The van der Waals surface area contributed by atoms with Crippen LogP contribution in [0.15, 0.2) is 63.7 Å². The number of furan rings is 1. The van der Waals surface area contributed by atoms with Crippen molar-refractivity contribution in [1.29, 1.82) is 0 Å². The number of carbonyl (C=O) groups is 3. The zero-order valence-corrected chi connectivity index (χ0v) is 18.4. The van der Waals surface area contributed by atoms with E-state index in [0.717, 1.165) is 5.56 Å². The largest absolute Gasteiger partial charge is 0.495 e. The van der Waals surface area contributed by atoms with E-state index in [4.69, 9.17) is 9.15 Å². The van der Waals surface area contributed by atoms with Gasteiger partial charge in [0, 0.05) is 18.3 Å². The molecule has 3 aromatic rings. The molecule has 0 fully saturated rings. The fourth-order valence-corrected chi connectivity index (χ4v) is 3.11. The second-order valence-electron chi connectivity index (χ2n) is 6.58. The molecule has 3 amide bonds. The Morgan fingerprint density at radius 2 is 1.65 bits per heavy atom. The lowest BCUT2D eigenvalue weighted by Crippen LogP contribution is -2.15. The number of nitrogens with one attached hydrogen (secondary N) is 3. The van der Waals surface area contributed by atoms with Crippen LogP contribution < -0.4 is 20.7 Å². The number of hydrogen-bond acceptors (Lipinski definition) is 5. The highest BCUT2D eigenvalue weighted by Gasteiger charge is 2.12. The summed E-state index contributed by atoms with van der Waals surface area (Å²) in [7, 11) is 1.50. The van der Waals surface area contributed by atoms with Crippen molar-refractivity contribution in [3.05, 3.63) is 70.6 Å². The maximum absolute atomic E-state index is 12.4. The van der Waals surface area contributed by atoms with Crippen LogP contribution in [0.5, 0.6) is 5.75 Å². The first-order valence-corrected chi connectivity index (χ1v) is 10.0. The smallest absolute Gasteiger partial charge is 0.291 e. The number of ether oxygens (including phenoxy) is 1. The summed E-state index contributed by atoms with van der Waals surface area (Å²) in [6.45, 7) is 1.39. The van der Waals surface area contributed by atoms with Crippen LogP contribution in [0.25, 0.3) is 0 Å². The van der Waals surface area contributed by atoms with Crippen LogP contribution in [0.2, 0.25) is 0 Å². The molecule has 0 spiro atoms. The van der Waals surface area contributed by atoms with Gasteiger partial charge in [0.2, 0.25) is 11.8 Å². The topological polar surface area (TPSA) is 110 Å². The average molecular weight is 486 g/mol. The van der Waals surface area contributed by atoms with E-state index in [0.29, 0.717) is 27.5 Å². The third-order valence-electron chi connectivity index (χ3n) is 4.17. The van der Waals surface area contributed by atoms with E-state index in [-0.39, 0.29) is 29.9 Å². The van der Waals surface area contributed by atoms with E-state index in [9.17, 15) is 14.4 Å². The first kappa shape index (κ1) is 22.1. The van der Waals surface area contributed by atoms with Crippen molar-refractivity contribution in [2.45, 2.75) is 13.3 Å². The minimum absolute atomic E-state index is 0.140. The van der Waals surface area contributed by atoms with Crippen LogP contribution >= 0.6 is 15.9 Å². The normalized spacial score (nSPS) is 10.3. The summed E-state index contributed by atoms with van der Waals surface area (Å²) in [6.07, 6.45) is 0.140. The van der Waals surface area contributed by atoms with Crippen molar-refractivity contribution >= 4 is 50.7 Å². The Morgan fingerprint density at radius 3 is 2.26 bits per heavy atom. The van der Waals surface area contributed by atoms with Crippen molar-refractivity contribution in [2.24, 2.45) is 0 Å². The summed E-state index contributed by atoms with van der Waals surface area (Å²) in [5.74, 6) is -0.156. The molecule has 0 bridgehead atoms. The van der Waals surface area contributed by atoms with Crippen molar-refractivity contribution in [3.63, 3.8) is 0 Å². The molecule has 0 aliphatic rings. The van der Waals surface area contributed by atoms with Crippen LogP contribution in [-0.4, -0.2) is 24.8 Å². The summed E-state index contributed by atoms with van der Waals surface area (Å²) in [4.78, 5) is 35.9. The Labute approximate surface area is 187 Å². The highest BCUT2D eigenvalue weighted by atomic mass is 79.9. The number of carbonyl (C=O) groups excluding carboxylic acids is 3. The first-order chi connectivity index (χ1) is 14.8. The van der Waals surface area contributed by atoms with Crippen LogP contribution in [0.4, 0.5) is 17.1 Å². The number of halogens is 1. The summed E-state index contributed by atoms with van der Waals surface area (Å²) in [5, 5.41) is 8.18. The number of rotatable bonds is 7. The third kappa shape index (κ3) is 6.19. The van der Waals surface area contributed by atoms with Crippen LogP contribution in [0.1, 0.15) is 23.0 Å². The van der Waals surface area contributed by atoms with Gasteiger partial charge in [0.15, 0.2) is 10.4 Å². The Bertz CT molecular complexity index is 1110. The van der Waals surface area contributed by atoms with Gasteiger partial charge >= 0.3 is 0 Å². The number of anilines is 3. The zero-order chi connectivity index (χ0) is 22.4. The molecule has 3 rings (SSSR count). The second-order valence-corrected chi connectivity index (χ2v) is 7.36. The molecule has 160 valence electrons. The van der Waals surface area contributed by atoms with E-state index in [1.165, 1.54) is 14.0 Å². The van der Waals surface area contributed by atoms with Crippen molar-refractivity contribution in [3.8, 4) is 5.75 Å². The van der Waals surface area contributed by atoms with Gasteiger partial charge in [0.25, 0.3) is 5.91 Å². The number of amides is 3. The lowest BCUT2D eigenvalue weighted by Gasteiger charge is -2.12. The standard InChI is InChI=1S/C22H20BrN3O5/c1-13(27)24-17-12-16(7-8-18(17)30-2)25-21(28)11-14-3-5-15(6-4-14)26-22(29)19-9-10-20(23)31-19/h3-10,12H,11H2,1-2H3,(H,24,27)(H,25,28)(H,26,29). The SMILES string of the molecule is COc1ccc(NC(=O)Cc2ccc(NC(=O)c3ccc(Br)o3)cc2)cc1NC(C)=O. The van der Waals surface area contributed by atoms with Crippen molar-refractivity contribution < 1.29 is 23.5 Å². The molecule has 31 heavy (non-hydrogen) atoms. The minimum Gasteiger partial charge on any atom is -0.495 e. The van der Waals surface area contributed by atoms with Gasteiger partial charge < -0.3 is 25.1 Å². The molecule has 9 heteroatoms. The number of hydrogen-bond donors (Lipinski definition) is 3. The summed E-state index contributed by atoms with van der Waals surface area (Å²) < 4.78 is 10.9. The van der Waals surface area contributed by atoms with E-state index >= 15 is 0 Å². The molecule has 0 atom stereocenters. The molecular formula is C22H20BrN3O5. The molecule has 0 saturated carbocycles. The summed E-state index contributed by atoms with van der Waals surface area (Å²) in [5.41, 5.74) is 2.35. The fraction of sp³-hybridized carbons (Fsp3) is 0.136. The second kappa shape index (κ2) is 9.94. The lowest BCUT2D eigenvalue weighted by atomic mass is 10.1. The predicted octanol–water partition coefficient (Wildman–Crippen LogP) is 4.44.